The second-order valence-electron chi connectivity index (χ2n) is 12.8. The quantitative estimate of drug-likeness (QED) is 0.0271. The van der Waals surface area contributed by atoms with Gasteiger partial charge in [-0.2, -0.15) is 8.42 Å². The van der Waals surface area contributed by atoms with Crippen LogP contribution in [0.4, 0.5) is 0 Å². The Balaban J connectivity index is 2.55. The Hall–Kier alpha value is -1.68. The fourth-order valence-corrected chi connectivity index (χ4v) is 5.96. The summed E-state index contributed by atoms with van der Waals surface area (Å²) in [4.78, 5) is 12.7. The van der Waals surface area contributed by atoms with Gasteiger partial charge in [0.2, 0.25) is 0 Å². The van der Waals surface area contributed by atoms with E-state index in [9.17, 15) is 28.5 Å². The molecule has 0 aromatic heterocycles. The average Bonchev–Trinajstić information content (AvgIpc) is 3.08. The zero-order valence-corrected chi connectivity index (χ0v) is 31.3. The standard InChI is InChI=1S/C37H66O12S/c1-3-5-7-9-11-13-15-16-17-18-20-22-24-26-33(39)47-31(29-45-27-25-23-21-19-14-12-10-8-6-4-2)30-46-37-35(41)36(49-50(42,43)44)34(40)32(28-38)48-37/h5,7,11,13,16-17,31-32,34-38,40-41H,3-4,6,8-10,12,14-15,18-30H2,1-2H3,(H,42,43,44)/b7-5-,13-11-,17-16-. The first-order valence-electron chi connectivity index (χ1n) is 18.7. The number of carbonyl (C=O) groups excluding carboxylic acids is 1. The van der Waals surface area contributed by atoms with Crippen LogP contribution in [0.15, 0.2) is 36.5 Å². The predicted octanol–water partition coefficient (Wildman–Crippen LogP) is 6.29. The molecule has 0 bridgehead atoms. The summed E-state index contributed by atoms with van der Waals surface area (Å²) in [5, 5.41) is 30.5. The van der Waals surface area contributed by atoms with Gasteiger partial charge in [0.25, 0.3) is 0 Å². The molecule has 1 fully saturated rings. The molecule has 0 amide bonds. The molecular weight excluding hydrogens is 668 g/mol. The smallest absolute Gasteiger partial charge is 0.397 e. The average molecular weight is 735 g/mol. The van der Waals surface area contributed by atoms with Crippen LogP contribution < -0.4 is 0 Å². The van der Waals surface area contributed by atoms with Crippen molar-refractivity contribution in [2.24, 2.45) is 0 Å². The molecule has 1 aliphatic heterocycles. The van der Waals surface area contributed by atoms with Crippen LogP contribution in [-0.2, 0) is 38.3 Å². The van der Waals surface area contributed by atoms with E-state index in [0.717, 1.165) is 57.8 Å². The second-order valence-corrected chi connectivity index (χ2v) is 13.8. The summed E-state index contributed by atoms with van der Waals surface area (Å²) in [5.74, 6) is -0.430. The Kier molecular flexibility index (Phi) is 27.7. The normalized spacial score (nSPS) is 22.2. The highest BCUT2D eigenvalue weighted by Gasteiger charge is 2.48. The minimum atomic E-state index is -5.06. The maximum Gasteiger partial charge on any atom is 0.397 e. The lowest BCUT2D eigenvalue weighted by Gasteiger charge is -2.41. The Morgan fingerprint density at radius 2 is 1.38 bits per heavy atom. The summed E-state index contributed by atoms with van der Waals surface area (Å²) in [7, 11) is -5.06. The van der Waals surface area contributed by atoms with Crippen molar-refractivity contribution in [3.63, 3.8) is 0 Å². The maximum absolute atomic E-state index is 12.7. The zero-order valence-electron chi connectivity index (χ0n) is 30.4. The fraction of sp³-hybridized carbons (Fsp3) is 0.811. The van der Waals surface area contributed by atoms with E-state index in [1.54, 1.807) is 0 Å². The summed E-state index contributed by atoms with van der Waals surface area (Å²) in [6.45, 7) is 3.79. The molecule has 0 saturated carbocycles. The summed E-state index contributed by atoms with van der Waals surface area (Å²) in [6.07, 6.45) is 22.0. The van der Waals surface area contributed by atoms with Crippen molar-refractivity contribution in [2.45, 2.75) is 166 Å². The van der Waals surface area contributed by atoms with E-state index in [1.165, 1.54) is 44.9 Å². The van der Waals surface area contributed by atoms with Crippen molar-refractivity contribution in [1.82, 2.24) is 0 Å². The highest BCUT2D eigenvalue weighted by molar-refractivity contribution is 7.80. The number of ether oxygens (including phenoxy) is 4. The van der Waals surface area contributed by atoms with Crippen LogP contribution >= 0.6 is 0 Å². The maximum atomic E-state index is 12.7. The topological polar surface area (TPSA) is 178 Å². The van der Waals surface area contributed by atoms with Crippen molar-refractivity contribution in [3.8, 4) is 0 Å². The number of allylic oxidation sites excluding steroid dienone is 6. The molecule has 50 heavy (non-hydrogen) atoms. The molecule has 1 heterocycles. The minimum Gasteiger partial charge on any atom is -0.457 e. The van der Waals surface area contributed by atoms with Gasteiger partial charge in [-0.05, 0) is 44.9 Å². The molecule has 1 rings (SSSR count). The number of aliphatic hydroxyl groups excluding tert-OH is 3. The van der Waals surface area contributed by atoms with Gasteiger partial charge in [-0.3, -0.25) is 9.35 Å². The first-order chi connectivity index (χ1) is 24.1. The largest absolute Gasteiger partial charge is 0.457 e. The third kappa shape index (κ3) is 23.7. The summed E-state index contributed by atoms with van der Waals surface area (Å²) >= 11 is 0. The molecule has 4 N–H and O–H groups in total. The van der Waals surface area contributed by atoms with Crippen LogP contribution in [0.5, 0.6) is 0 Å². The van der Waals surface area contributed by atoms with E-state index < -0.39 is 59.8 Å². The number of unbranched alkanes of at least 4 members (excludes halogenated alkanes) is 12. The lowest BCUT2D eigenvalue weighted by Crippen LogP contribution is -2.60. The molecule has 0 aromatic carbocycles. The molecule has 0 spiro atoms. The van der Waals surface area contributed by atoms with E-state index in [4.69, 9.17) is 23.5 Å². The summed E-state index contributed by atoms with van der Waals surface area (Å²) in [5.41, 5.74) is 0. The van der Waals surface area contributed by atoms with Gasteiger partial charge in [0.05, 0.1) is 19.8 Å². The van der Waals surface area contributed by atoms with E-state index in [2.05, 4.69) is 54.5 Å². The van der Waals surface area contributed by atoms with Gasteiger partial charge in [0, 0.05) is 13.0 Å². The minimum absolute atomic E-state index is 0.0249. The van der Waals surface area contributed by atoms with Gasteiger partial charge in [0.1, 0.15) is 30.5 Å². The zero-order chi connectivity index (χ0) is 36.9. The second kappa shape index (κ2) is 29.9. The van der Waals surface area contributed by atoms with Crippen molar-refractivity contribution in [3.05, 3.63) is 36.5 Å². The van der Waals surface area contributed by atoms with Crippen LogP contribution in [0.25, 0.3) is 0 Å². The predicted molar refractivity (Wildman–Crippen MR) is 193 cm³/mol. The molecule has 1 aliphatic rings. The number of aliphatic hydroxyl groups is 3. The van der Waals surface area contributed by atoms with Gasteiger partial charge >= 0.3 is 16.4 Å². The molecule has 0 aromatic rings. The highest BCUT2D eigenvalue weighted by atomic mass is 32.3. The molecule has 6 atom stereocenters. The molecule has 0 radical (unpaired) electrons. The van der Waals surface area contributed by atoms with E-state index >= 15 is 0 Å². The van der Waals surface area contributed by atoms with Crippen LogP contribution in [0.2, 0.25) is 0 Å². The van der Waals surface area contributed by atoms with Gasteiger partial charge in [-0.15, -0.1) is 0 Å². The van der Waals surface area contributed by atoms with Crippen LogP contribution in [0, 0.1) is 0 Å². The summed E-state index contributed by atoms with van der Waals surface area (Å²) < 4.78 is 58.6. The number of esters is 1. The van der Waals surface area contributed by atoms with E-state index in [-0.39, 0.29) is 19.6 Å². The molecule has 6 unspecified atom stereocenters. The number of hydrogen-bond donors (Lipinski definition) is 4. The Bertz CT molecular complexity index is 1030. The number of hydrogen-bond acceptors (Lipinski definition) is 11. The molecule has 12 nitrogen and oxygen atoms in total. The Morgan fingerprint density at radius 1 is 0.780 bits per heavy atom. The fourth-order valence-electron chi connectivity index (χ4n) is 5.45. The number of carbonyl (C=O) groups is 1. The van der Waals surface area contributed by atoms with Gasteiger partial charge in [-0.25, -0.2) is 4.18 Å². The third-order valence-electron chi connectivity index (χ3n) is 8.28. The first-order valence-corrected chi connectivity index (χ1v) is 20.1. The van der Waals surface area contributed by atoms with Crippen molar-refractivity contribution >= 4 is 16.4 Å². The first kappa shape index (κ1) is 46.3. The van der Waals surface area contributed by atoms with Gasteiger partial charge in [0.15, 0.2) is 6.29 Å². The molecular formula is C37H66O12S. The molecule has 13 heteroatoms. The summed E-state index contributed by atoms with van der Waals surface area (Å²) in [6, 6.07) is 0. The Morgan fingerprint density at radius 3 is 2.00 bits per heavy atom. The van der Waals surface area contributed by atoms with Gasteiger partial charge < -0.3 is 34.3 Å². The highest BCUT2D eigenvalue weighted by Crippen LogP contribution is 2.26. The van der Waals surface area contributed by atoms with Crippen LogP contribution in [-0.4, -0.2) is 97.5 Å². The molecule has 292 valence electrons. The molecule has 1 saturated heterocycles. The van der Waals surface area contributed by atoms with Gasteiger partial charge in [-0.1, -0.05) is 115 Å². The van der Waals surface area contributed by atoms with Crippen molar-refractivity contribution in [2.75, 3.05) is 26.4 Å². The van der Waals surface area contributed by atoms with Crippen LogP contribution in [0.1, 0.15) is 129 Å². The lowest BCUT2D eigenvalue weighted by molar-refractivity contribution is -0.301. The SMILES string of the molecule is CC/C=C\C/C=C\C/C=C\CCCCCC(=O)OC(COCCCCCCCCCCCC)COC1OC(CO)C(O)C(OS(=O)(=O)O)C1O. The Labute approximate surface area is 301 Å². The van der Waals surface area contributed by atoms with Crippen molar-refractivity contribution in [1.29, 1.82) is 0 Å². The van der Waals surface area contributed by atoms with E-state index in [0.29, 0.717) is 13.0 Å². The van der Waals surface area contributed by atoms with E-state index in [1.807, 2.05) is 0 Å². The van der Waals surface area contributed by atoms with Crippen LogP contribution in [0.3, 0.4) is 0 Å². The molecule has 0 aliphatic carbocycles. The van der Waals surface area contributed by atoms with Crippen molar-refractivity contribution < 1.29 is 56.2 Å². The third-order valence-corrected chi connectivity index (χ3v) is 8.74. The monoisotopic (exact) mass is 734 g/mol. The number of rotatable bonds is 31. The lowest BCUT2D eigenvalue weighted by atomic mass is 9.99.